The Morgan fingerprint density at radius 3 is 2.34 bits per heavy atom. The number of hydrogen-bond acceptors (Lipinski definition) is 5. The van der Waals surface area contributed by atoms with Crippen LogP contribution in [0.2, 0.25) is 0 Å². The lowest BCUT2D eigenvalue weighted by molar-refractivity contribution is -0.142. The molecule has 0 bridgehead atoms. The van der Waals surface area contributed by atoms with Gasteiger partial charge in [0.15, 0.2) is 0 Å². The first-order valence-corrected chi connectivity index (χ1v) is 11.8. The maximum Gasteiger partial charge on any atom is 0.324 e. The fraction of sp³-hybridized carbons (Fsp3) is 0.773. The normalized spacial score (nSPS) is 23.8. The zero-order valence-corrected chi connectivity index (χ0v) is 18.9. The van der Waals surface area contributed by atoms with Gasteiger partial charge in [-0.2, -0.15) is 0 Å². The highest BCUT2D eigenvalue weighted by atomic mass is 16.2. The van der Waals surface area contributed by atoms with E-state index < -0.39 is 6.03 Å². The molecule has 6 amide bonds. The summed E-state index contributed by atoms with van der Waals surface area (Å²) in [5.41, 5.74) is 0. The smallest absolute Gasteiger partial charge is 0.324 e. The number of urea groups is 1. The summed E-state index contributed by atoms with van der Waals surface area (Å²) < 4.78 is 0. The number of nitrogens with zero attached hydrogens (tertiary/aromatic N) is 3. The standard InChI is InChI=1S/C22H35N5O5/c1-2-11-23-18(28)8-9-20(30)26-13-5-7-17(26)16-6-3-4-12-27(16)21(31)15-25-14-10-19(29)24-22(25)32/h16-17H,2-15H2,1H3,(H,23,28)(H,24,29,32). The van der Waals surface area contributed by atoms with Crippen LogP contribution in [0.1, 0.15) is 64.7 Å². The third kappa shape index (κ3) is 5.98. The van der Waals surface area contributed by atoms with Crippen LogP contribution in [0, 0.1) is 0 Å². The highest BCUT2D eigenvalue weighted by molar-refractivity contribution is 5.98. The van der Waals surface area contributed by atoms with Gasteiger partial charge in [0.25, 0.3) is 0 Å². The van der Waals surface area contributed by atoms with Crippen molar-refractivity contribution in [3.63, 3.8) is 0 Å². The highest BCUT2D eigenvalue weighted by Crippen LogP contribution is 2.30. The van der Waals surface area contributed by atoms with E-state index in [4.69, 9.17) is 0 Å². The van der Waals surface area contributed by atoms with Crippen LogP contribution in [0.3, 0.4) is 0 Å². The van der Waals surface area contributed by atoms with Crippen molar-refractivity contribution in [3.8, 4) is 0 Å². The second kappa shape index (κ2) is 11.3. The van der Waals surface area contributed by atoms with Crippen LogP contribution >= 0.6 is 0 Å². The van der Waals surface area contributed by atoms with Crippen molar-refractivity contribution >= 4 is 29.7 Å². The topological polar surface area (TPSA) is 119 Å². The van der Waals surface area contributed by atoms with Gasteiger partial charge < -0.3 is 20.0 Å². The Labute approximate surface area is 189 Å². The molecule has 3 aliphatic heterocycles. The van der Waals surface area contributed by atoms with Crippen molar-refractivity contribution < 1.29 is 24.0 Å². The van der Waals surface area contributed by atoms with E-state index in [1.165, 1.54) is 4.90 Å². The number of rotatable bonds is 8. The van der Waals surface area contributed by atoms with Crippen molar-refractivity contribution in [2.75, 3.05) is 32.7 Å². The van der Waals surface area contributed by atoms with Gasteiger partial charge in [-0.3, -0.25) is 24.5 Å². The summed E-state index contributed by atoms with van der Waals surface area (Å²) >= 11 is 0. The lowest BCUT2D eigenvalue weighted by Crippen LogP contribution is -2.58. The van der Waals surface area contributed by atoms with Crippen LogP contribution in [0.25, 0.3) is 0 Å². The van der Waals surface area contributed by atoms with E-state index >= 15 is 0 Å². The van der Waals surface area contributed by atoms with Crippen LogP contribution in [-0.4, -0.2) is 89.2 Å². The van der Waals surface area contributed by atoms with Gasteiger partial charge in [0.05, 0.1) is 12.1 Å². The van der Waals surface area contributed by atoms with Crippen LogP contribution in [0.4, 0.5) is 4.79 Å². The van der Waals surface area contributed by atoms with E-state index in [1.807, 2.05) is 16.7 Å². The first-order chi connectivity index (χ1) is 15.4. The van der Waals surface area contributed by atoms with Gasteiger partial charge in [0.1, 0.15) is 6.54 Å². The molecule has 0 aliphatic carbocycles. The lowest BCUT2D eigenvalue weighted by Gasteiger charge is -2.43. The lowest BCUT2D eigenvalue weighted by atomic mass is 9.93. The Morgan fingerprint density at radius 2 is 1.62 bits per heavy atom. The molecule has 0 aromatic carbocycles. The van der Waals surface area contributed by atoms with Crippen LogP contribution in [-0.2, 0) is 19.2 Å². The van der Waals surface area contributed by atoms with Gasteiger partial charge in [-0.25, -0.2) is 4.79 Å². The molecule has 0 aromatic heterocycles. The predicted molar refractivity (Wildman–Crippen MR) is 116 cm³/mol. The quantitative estimate of drug-likeness (QED) is 0.563. The molecule has 10 heteroatoms. The number of likely N-dealkylation sites (tertiary alicyclic amines) is 2. The molecule has 3 heterocycles. The number of carbonyl (C=O) groups is 5. The molecule has 3 aliphatic rings. The molecule has 3 saturated heterocycles. The monoisotopic (exact) mass is 449 g/mol. The SMILES string of the molecule is CCCNC(=O)CCC(=O)N1CCCC1C1CCCCN1C(=O)CN1CCC(=O)NC1=O. The van der Waals surface area contributed by atoms with Crippen molar-refractivity contribution in [3.05, 3.63) is 0 Å². The Morgan fingerprint density at radius 1 is 0.938 bits per heavy atom. The van der Waals surface area contributed by atoms with Gasteiger partial charge in [0, 0.05) is 45.4 Å². The minimum Gasteiger partial charge on any atom is -0.356 e. The molecule has 32 heavy (non-hydrogen) atoms. The van der Waals surface area contributed by atoms with E-state index in [-0.39, 0.29) is 68.1 Å². The van der Waals surface area contributed by atoms with Crippen LogP contribution in [0.5, 0.6) is 0 Å². The first kappa shape index (κ1) is 24.0. The number of carbonyl (C=O) groups excluding carboxylic acids is 5. The van der Waals surface area contributed by atoms with Crippen molar-refractivity contribution in [1.82, 2.24) is 25.3 Å². The van der Waals surface area contributed by atoms with E-state index in [0.717, 1.165) is 38.5 Å². The molecule has 2 N–H and O–H groups in total. The first-order valence-electron chi connectivity index (χ1n) is 11.8. The van der Waals surface area contributed by atoms with Gasteiger partial charge in [-0.1, -0.05) is 6.92 Å². The maximum atomic E-state index is 13.1. The third-order valence-corrected chi connectivity index (χ3v) is 6.54. The Hall–Kier alpha value is -2.65. The van der Waals surface area contributed by atoms with E-state index in [9.17, 15) is 24.0 Å². The predicted octanol–water partition coefficient (Wildman–Crippen LogP) is 0.607. The summed E-state index contributed by atoms with van der Waals surface area (Å²) in [7, 11) is 0. The number of hydrogen-bond donors (Lipinski definition) is 2. The maximum absolute atomic E-state index is 13.1. The van der Waals surface area contributed by atoms with Crippen LogP contribution < -0.4 is 10.6 Å². The molecule has 0 saturated carbocycles. The van der Waals surface area contributed by atoms with Gasteiger partial charge in [-0.05, 0) is 38.5 Å². The highest BCUT2D eigenvalue weighted by Gasteiger charge is 2.40. The second-order valence-corrected chi connectivity index (χ2v) is 8.82. The van der Waals surface area contributed by atoms with E-state index in [2.05, 4.69) is 10.6 Å². The summed E-state index contributed by atoms with van der Waals surface area (Å²) in [6, 6.07) is -0.657. The zero-order chi connectivity index (χ0) is 23.1. The summed E-state index contributed by atoms with van der Waals surface area (Å²) in [6.45, 7) is 4.03. The third-order valence-electron chi connectivity index (χ3n) is 6.54. The van der Waals surface area contributed by atoms with E-state index in [0.29, 0.717) is 19.6 Å². The molecule has 178 valence electrons. The minimum atomic E-state index is -0.526. The zero-order valence-electron chi connectivity index (χ0n) is 18.9. The van der Waals surface area contributed by atoms with Crippen LogP contribution in [0.15, 0.2) is 0 Å². The summed E-state index contributed by atoms with van der Waals surface area (Å²) in [5, 5.41) is 5.05. The summed E-state index contributed by atoms with van der Waals surface area (Å²) in [4.78, 5) is 66.4. The molecular weight excluding hydrogens is 414 g/mol. The molecule has 3 rings (SSSR count). The number of nitrogens with one attached hydrogen (secondary N) is 2. The number of piperidine rings is 1. The summed E-state index contributed by atoms with van der Waals surface area (Å²) in [6.07, 6.45) is 5.83. The molecule has 0 aromatic rings. The number of imide groups is 1. The molecule has 0 radical (unpaired) electrons. The Bertz CT molecular complexity index is 742. The molecule has 10 nitrogen and oxygen atoms in total. The molecule has 0 spiro atoms. The second-order valence-electron chi connectivity index (χ2n) is 8.82. The van der Waals surface area contributed by atoms with Crippen molar-refractivity contribution in [1.29, 1.82) is 0 Å². The Kier molecular flexibility index (Phi) is 8.46. The fourth-order valence-corrected chi connectivity index (χ4v) is 4.89. The minimum absolute atomic E-state index is 0.0361. The summed E-state index contributed by atoms with van der Waals surface area (Å²) in [5.74, 6) is -0.606. The molecule has 2 unspecified atom stereocenters. The van der Waals surface area contributed by atoms with Crippen molar-refractivity contribution in [2.24, 2.45) is 0 Å². The molecular formula is C22H35N5O5. The number of amides is 6. The molecule has 2 atom stereocenters. The Balaban J connectivity index is 1.60. The average molecular weight is 450 g/mol. The largest absolute Gasteiger partial charge is 0.356 e. The van der Waals surface area contributed by atoms with Crippen molar-refractivity contribution in [2.45, 2.75) is 76.8 Å². The van der Waals surface area contributed by atoms with Gasteiger partial charge >= 0.3 is 6.03 Å². The van der Waals surface area contributed by atoms with Gasteiger partial charge in [-0.15, -0.1) is 0 Å². The van der Waals surface area contributed by atoms with Gasteiger partial charge in [0.2, 0.25) is 23.6 Å². The molecule has 3 fully saturated rings. The average Bonchev–Trinajstić information content (AvgIpc) is 3.27. The fourth-order valence-electron chi connectivity index (χ4n) is 4.89. The van der Waals surface area contributed by atoms with E-state index in [1.54, 1.807) is 0 Å².